The van der Waals surface area contributed by atoms with E-state index in [2.05, 4.69) is 0 Å². The van der Waals surface area contributed by atoms with Gasteiger partial charge >= 0.3 is 6.18 Å². The lowest BCUT2D eigenvalue weighted by molar-refractivity contribution is -0.166. The number of anilines is 2. The van der Waals surface area contributed by atoms with Crippen LogP contribution in [0.2, 0.25) is 0 Å². The molecule has 1 heterocycles. The first-order chi connectivity index (χ1) is 11.8. The second-order valence-electron chi connectivity index (χ2n) is 5.46. The fourth-order valence-electron chi connectivity index (χ4n) is 2.73. The zero-order valence-electron chi connectivity index (χ0n) is 13.2. The molecule has 0 fully saturated rings. The number of carbonyl (C=O) groups is 1. The number of Topliss-reactive ketones (excluding diaryl/α,β-unsaturated/α-hetero) is 1. The van der Waals surface area contributed by atoms with Gasteiger partial charge in [0, 0.05) is 17.3 Å². The number of alkyl halides is 3. The summed E-state index contributed by atoms with van der Waals surface area (Å²) >= 11 is 0. The van der Waals surface area contributed by atoms with Crippen LogP contribution in [0.5, 0.6) is 5.75 Å². The minimum absolute atomic E-state index is 0.142. The smallest absolute Gasteiger partial charge is 0.454 e. The molecule has 0 atom stereocenters. The Labute approximate surface area is 141 Å². The van der Waals surface area contributed by atoms with Gasteiger partial charge in [-0.25, -0.2) is 0 Å². The summed E-state index contributed by atoms with van der Waals surface area (Å²) in [6, 6.07) is 13.2. The number of aliphatic hydroxyl groups excluding tert-OH is 1. The number of hydrogen-bond donors (Lipinski definition) is 1. The molecule has 1 N–H and O–H groups in total. The van der Waals surface area contributed by atoms with Crippen LogP contribution in [0.4, 0.5) is 24.5 Å². The van der Waals surface area contributed by atoms with Crippen molar-refractivity contribution in [3.8, 4) is 5.75 Å². The van der Waals surface area contributed by atoms with Crippen LogP contribution in [0, 0.1) is 0 Å². The summed E-state index contributed by atoms with van der Waals surface area (Å²) in [5.41, 5.74) is 0.510. The maximum Gasteiger partial charge on any atom is 0.454 e. The Morgan fingerprint density at radius 2 is 1.84 bits per heavy atom. The molecule has 1 aliphatic heterocycles. The zero-order chi connectivity index (χ0) is 18.2. The molecule has 1 aliphatic rings. The van der Waals surface area contributed by atoms with Crippen LogP contribution in [0.25, 0.3) is 5.76 Å². The third-order valence-corrected chi connectivity index (χ3v) is 3.95. The molecule has 0 bridgehead atoms. The van der Waals surface area contributed by atoms with E-state index in [-0.39, 0.29) is 5.56 Å². The van der Waals surface area contributed by atoms with Crippen molar-refractivity contribution in [2.24, 2.45) is 0 Å². The van der Waals surface area contributed by atoms with E-state index >= 15 is 0 Å². The van der Waals surface area contributed by atoms with Crippen molar-refractivity contribution in [2.75, 3.05) is 18.6 Å². The molecule has 0 aliphatic carbocycles. The van der Waals surface area contributed by atoms with E-state index in [1.165, 1.54) is 24.1 Å². The van der Waals surface area contributed by atoms with Crippen LogP contribution in [-0.2, 0) is 4.79 Å². The van der Waals surface area contributed by atoms with E-state index in [9.17, 15) is 23.1 Å². The highest BCUT2D eigenvalue weighted by Gasteiger charge is 2.44. The van der Waals surface area contributed by atoms with Crippen LogP contribution in [0.1, 0.15) is 5.56 Å². The summed E-state index contributed by atoms with van der Waals surface area (Å²) in [5, 5.41) is 10.3. The highest BCUT2D eigenvalue weighted by Crippen LogP contribution is 2.41. The van der Waals surface area contributed by atoms with E-state index < -0.39 is 29.8 Å². The van der Waals surface area contributed by atoms with Crippen LogP contribution < -0.4 is 9.64 Å². The molecule has 0 unspecified atom stereocenters. The SMILES string of the molecule is COc1ccc2c(c1)N(c1ccccc1)CC(C(=O)C(F)(F)F)=C2O. The van der Waals surface area contributed by atoms with Gasteiger partial charge in [0.1, 0.15) is 11.5 Å². The molecule has 7 heteroatoms. The highest BCUT2D eigenvalue weighted by molar-refractivity contribution is 6.08. The Bertz CT molecular complexity index is 844. The van der Waals surface area contributed by atoms with Crippen molar-refractivity contribution < 1.29 is 27.8 Å². The summed E-state index contributed by atoms with van der Waals surface area (Å²) in [5.74, 6) is -2.22. The lowest BCUT2D eigenvalue weighted by Crippen LogP contribution is -2.34. The number of hydrogen-bond acceptors (Lipinski definition) is 4. The molecule has 0 radical (unpaired) electrons. The average Bonchev–Trinajstić information content (AvgIpc) is 2.61. The molecule has 0 spiro atoms. The minimum atomic E-state index is -5.06. The predicted molar refractivity (Wildman–Crippen MR) is 87.1 cm³/mol. The van der Waals surface area contributed by atoms with Gasteiger partial charge in [-0.15, -0.1) is 0 Å². The Hall–Kier alpha value is -2.96. The maximum atomic E-state index is 12.9. The highest BCUT2D eigenvalue weighted by atomic mass is 19.4. The molecule has 2 aromatic carbocycles. The van der Waals surface area contributed by atoms with E-state index in [4.69, 9.17) is 4.74 Å². The van der Waals surface area contributed by atoms with Gasteiger partial charge in [0.2, 0.25) is 0 Å². The van der Waals surface area contributed by atoms with Crippen LogP contribution >= 0.6 is 0 Å². The van der Waals surface area contributed by atoms with Crippen LogP contribution in [0.3, 0.4) is 0 Å². The summed E-state index contributed by atoms with van der Waals surface area (Å²) < 4.78 is 43.9. The Morgan fingerprint density at radius 3 is 2.44 bits per heavy atom. The molecular formula is C18H14F3NO3. The number of benzene rings is 2. The largest absolute Gasteiger partial charge is 0.507 e. The quantitative estimate of drug-likeness (QED) is 0.900. The first kappa shape index (κ1) is 16.9. The van der Waals surface area contributed by atoms with Crippen molar-refractivity contribution in [3.63, 3.8) is 0 Å². The first-order valence-corrected chi connectivity index (χ1v) is 7.37. The van der Waals surface area contributed by atoms with E-state index in [1.807, 2.05) is 0 Å². The molecule has 130 valence electrons. The number of nitrogens with zero attached hydrogens (tertiary/aromatic N) is 1. The van der Waals surface area contributed by atoms with Gasteiger partial charge in [0.05, 0.1) is 24.9 Å². The van der Waals surface area contributed by atoms with Crippen molar-refractivity contribution >= 4 is 22.9 Å². The van der Waals surface area contributed by atoms with Gasteiger partial charge in [0.25, 0.3) is 5.78 Å². The number of methoxy groups -OCH3 is 1. The standard InChI is InChI=1S/C18H14F3NO3/c1-25-12-7-8-13-15(9-12)22(11-5-3-2-4-6-11)10-14(16(13)23)17(24)18(19,20)21/h2-9,23H,10H2,1H3. The van der Waals surface area contributed by atoms with Crippen molar-refractivity contribution in [2.45, 2.75) is 6.18 Å². The number of aliphatic hydroxyl groups is 1. The molecule has 0 saturated carbocycles. The molecule has 3 rings (SSSR count). The number of halogens is 3. The third-order valence-electron chi connectivity index (χ3n) is 3.95. The number of ketones is 1. The molecule has 2 aromatic rings. The number of fused-ring (bicyclic) bond motifs is 1. The van der Waals surface area contributed by atoms with Crippen molar-refractivity contribution in [1.82, 2.24) is 0 Å². The summed E-state index contributed by atoms with van der Waals surface area (Å²) in [4.78, 5) is 13.3. The third kappa shape index (κ3) is 3.05. The first-order valence-electron chi connectivity index (χ1n) is 7.37. The van der Waals surface area contributed by atoms with E-state index in [0.717, 1.165) is 0 Å². The predicted octanol–water partition coefficient (Wildman–Crippen LogP) is 4.25. The summed E-state index contributed by atoms with van der Waals surface area (Å²) in [7, 11) is 1.46. The van der Waals surface area contributed by atoms with Gasteiger partial charge in [0.15, 0.2) is 0 Å². The number of carbonyl (C=O) groups excluding carboxylic acids is 1. The van der Waals surface area contributed by atoms with Gasteiger partial charge < -0.3 is 14.7 Å². The van der Waals surface area contributed by atoms with E-state index in [0.29, 0.717) is 17.1 Å². The molecule has 0 saturated heterocycles. The zero-order valence-corrected chi connectivity index (χ0v) is 13.2. The molecule has 4 nitrogen and oxygen atoms in total. The van der Waals surface area contributed by atoms with Crippen LogP contribution in [0.15, 0.2) is 54.1 Å². The molecule has 0 aromatic heterocycles. The number of rotatable bonds is 3. The van der Waals surface area contributed by atoms with Gasteiger partial charge in [-0.1, -0.05) is 18.2 Å². The second kappa shape index (κ2) is 6.16. The van der Waals surface area contributed by atoms with Crippen molar-refractivity contribution in [1.29, 1.82) is 0 Å². The Balaban J connectivity index is 2.19. The Kier molecular flexibility index (Phi) is 4.16. The normalized spacial score (nSPS) is 14.3. The fraction of sp³-hybridized carbons (Fsp3) is 0.167. The minimum Gasteiger partial charge on any atom is -0.507 e. The van der Waals surface area contributed by atoms with Crippen LogP contribution in [-0.4, -0.2) is 30.7 Å². The topological polar surface area (TPSA) is 49.8 Å². The monoisotopic (exact) mass is 349 g/mol. The molecular weight excluding hydrogens is 335 g/mol. The molecule has 25 heavy (non-hydrogen) atoms. The number of ether oxygens (including phenoxy) is 1. The van der Waals surface area contributed by atoms with Gasteiger partial charge in [-0.05, 0) is 24.3 Å². The van der Waals surface area contributed by atoms with Gasteiger partial charge in [-0.2, -0.15) is 13.2 Å². The van der Waals surface area contributed by atoms with Gasteiger partial charge in [-0.3, -0.25) is 4.79 Å². The second-order valence-corrected chi connectivity index (χ2v) is 5.46. The fourth-order valence-corrected chi connectivity index (χ4v) is 2.73. The van der Waals surface area contributed by atoms with Crippen molar-refractivity contribution in [3.05, 3.63) is 59.7 Å². The average molecular weight is 349 g/mol. The lowest BCUT2D eigenvalue weighted by Gasteiger charge is -2.32. The molecule has 0 amide bonds. The summed E-state index contributed by atoms with van der Waals surface area (Å²) in [6.07, 6.45) is -5.06. The number of para-hydroxylation sites is 1. The summed E-state index contributed by atoms with van der Waals surface area (Å²) in [6.45, 7) is -0.394. The lowest BCUT2D eigenvalue weighted by atomic mass is 9.96. The maximum absolute atomic E-state index is 12.9. The van der Waals surface area contributed by atoms with E-state index in [1.54, 1.807) is 36.4 Å². The Morgan fingerprint density at radius 1 is 1.16 bits per heavy atom.